The standard InChI is InChI=1S/C15H21N5/c1-19-11-2-3-13(8-12-19)18-14-4-6-15(7-5-14)20-16-9-10-17-20/h4-7,9-10,13,18H,2-3,8,11-12H2,1H3. The Balaban J connectivity index is 1.63. The van der Waals surface area contributed by atoms with Crippen molar-refractivity contribution in [2.45, 2.75) is 25.3 Å². The molecule has 3 rings (SSSR count). The molecule has 0 bridgehead atoms. The highest BCUT2D eigenvalue weighted by atomic mass is 15.5. The lowest BCUT2D eigenvalue weighted by Crippen LogP contribution is -2.22. The summed E-state index contributed by atoms with van der Waals surface area (Å²) in [5.41, 5.74) is 2.16. The number of rotatable bonds is 3. The summed E-state index contributed by atoms with van der Waals surface area (Å²) in [6.07, 6.45) is 7.09. The predicted molar refractivity (Wildman–Crippen MR) is 80.1 cm³/mol. The van der Waals surface area contributed by atoms with Crippen LogP contribution in [0.4, 0.5) is 5.69 Å². The average Bonchev–Trinajstić information content (AvgIpc) is 2.92. The molecule has 1 aromatic heterocycles. The number of nitrogens with zero attached hydrogens (tertiary/aromatic N) is 4. The fraction of sp³-hybridized carbons (Fsp3) is 0.467. The Labute approximate surface area is 119 Å². The zero-order valence-electron chi connectivity index (χ0n) is 11.9. The van der Waals surface area contributed by atoms with Crippen molar-refractivity contribution in [2.24, 2.45) is 0 Å². The molecule has 1 aliphatic heterocycles. The van der Waals surface area contributed by atoms with Gasteiger partial charge in [0.25, 0.3) is 0 Å². The summed E-state index contributed by atoms with van der Waals surface area (Å²) in [6, 6.07) is 8.88. The van der Waals surface area contributed by atoms with E-state index in [2.05, 4.69) is 39.6 Å². The molecular formula is C15H21N5. The number of nitrogens with one attached hydrogen (secondary N) is 1. The molecule has 0 radical (unpaired) electrons. The van der Waals surface area contributed by atoms with Gasteiger partial charge in [-0.15, -0.1) is 0 Å². The van der Waals surface area contributed by atoms with Crippen molar-refractivity contribution in [3.63, 3.8) is 0 Å². The van der Waals surface area contributed by atoms with Crippen LogP contribution in [0.1, 0.15) is 19.3 Å². The summed E-state index contributed by atoms with van der Waals surface area (Å²) in [4.78, 5) is 4.04. The Morgan fingerprint density at radius 2 is 1.80 bits per heavy atom. The second-order valence-corrected chi connectivity index (χ2v) is 5.44. The van der Waals surface area contributed by atoms with Gasteiger partial charge in [-0.2, -0.15) is 15.0 Å². The highest BCUT2D eigenvalue weighted by Crippen LogP contribution is 2.17. The lowest BCUT2D eigenvalue weighted by atomic mass is 10.1. The monoisotopic (exact) mass is 271 g/mol. The first-order valence-corrected chi connectivity index (χ1v) is 7.23. The molecule has 5 heteroatoms. The first kappa shape index (κ1) is 13.1. The number of hydrogen-bond donors (Lipinski definition) is 1. The van der Waals surface area contributed by atoms with Crippen LogP contribution in [0, 0.1) is 0 Å². The van der Waals surface area contributed by atoms with Crippen molar-refractivity contribution in [3.05, 3.63) is 36.7 Å². The normalized spacial score (nSPS) is 20.6. The van der Waals surface area contributed by atoms with E-state index < -0.39 is 0 Å². The van der Waals surface area contributed by atoms with Gasteiger partial charge < -0.3 is 10.2 Å². The quantitative estimate of drug-likeness (QED) is 0.929. The van der Waals surface area contributed by atoms with Crippen LogP contribution in [-0.4, -0.2) is 46.1 Å². The number of aromatic nitrogens is 3. The van der Waals surface area contributed by atoms with Gasteiger partial charge >= 0.3 is 0 Å². The van der Waals surface area contributed by atoms with E-state index in [-0.39, 0.29) is 0 Å². The molecule has 0 amide bonds. The third-order valence-corrected chi connectivity index (χ3v) is 3.84. The van der Waals surface area contributed by atoms with Crippen LogP contribution < -0.4 is 5.32 Å². The fourth-order valence-corrected chi connectivity index (χ4v) is 2.66. The summed E-state index contributed by atoms with van der Waals surface area (Å²) in [5.74, 6) is 0. The largest absolute Gasteiger partial charge is 0.382 e. The van der Waals surface area contributed by atoms with Crippen molar-refractivity contribution < 1.29 is 0 Å². The Bertz CT molecular complexity index is 520. The molecule has 1 unspecified atom stereocenters. The van der Waals surface area contributed by atoms with Crippen LogP contribution >= 0.6 is 0 Å². The average molecular weight is 271 g/mol. The van der Waals surface area contributed by atoms with E-state index in [0.717, 1.165) is 5.69 Å². The van der Waals surface area contributed by atoms with Crippen LogP contribution in [0.15, 0.2) is 36.7 Å². The summed E-state index contributed by atoms with van der Waals surface area (Å²) >= 11 is 0. The highest BCUT2D eigenvalue weighted by molar-refractivity contribution is 5.48. The van der Waals surface area contributed by atoms with Gasteiger partial charge in [0.05, 0.1) is 18.1 Å². The Morgan fingerprint density at radius 1 is 1.05 bits per heavy atom. The van der Waals surface area contributed by atoms with E-state index in [4.69, 9.17) is 0 Å². The molecule has 1 aliphatic rings. The summed E-state index contributed by atoms with van der Waals surface area (Å²) in [7, 11) is 2.20. The minimum Gasteiger partial charge on any atom is -0.382 e. The molecule has 106 valence electrons. The number of anilines is 1. The van der Waals surface area contributed by atoms with Crippen LogP contribution in [0.3, 0.4) is 0 Å². The summed E-state index contributed by atoms with van der Waals surface area (Å²) in [6.45, 7) is 2.38. The smallest absolute Gasteiger partial charge is 0.0858 e. The van der Waals surface area contributed by atoms with Gasteiger partial charge in [-0.1, -0.05) is 0 Å². The molecule has 5 nitrogen and oxygen atoms in total. The molecule has 1 fully saturated rings. The van der Waals surface area contributed by atoms with Gasteiger partial charge in [0.1, 0.15) is 0 Å². The lowest BCUT2D eigenvalue weighted by Gasteiger charge is -2.18. The third kappa shape index (κ3) is 3.17. The number of likely N-dealkylation sites (tertiary alicyclic amines) is 1. The van der Waals surface area contributed by atoms with Crippen LogP contribution in [0.2, 0.25) is 0 Å². The molecular weight excluding hydrogens is 250 g/mol. The van der Waals surface area contributed by atoms with Crippen molar-refractivity contribution in [1.82, 2.24) is 19.9 Å². The van der Waals surface area contributed by atoms with Gasteiger partial charge in [0.2, 0.25) is 0 Å². The van der Waals surface area contributed by atoms with E-state index in [1.54, 1.807) is 17.2 Å². The second-order valence-electron chi connectivity index (χ2n) is 5.44. The summed E-state index contributed by atoms with van der Waals surface area (Å²) < 4.78 is 0. The zero-order valence-corrected chi connectivity index (χ0v) is 11.9. The maximum atomic E-state index is 4.13. The molecule has 2 heterocycles. The summed E-state index contributed by atoms with van der Waals surface area (Å²) in [5, 5.41) is 11.9. The Hall–Kier alpha value is -1.88. The van der Waals surface area contributed by atoms with Gasteiger partial charge in [0, 0.05) is 11.7 Å². The van der Waals surface area contributed by atoms with Crippen LogP contribution in [0.5, 0.6) is 0 Å². The van der Waals surface area contributed by atoms with E-state index in [1.807, 2.05) is 12.1 Å². The topological polar surface area (TPSA) is 46.0 Å². The first-order valence-electron chi connectivity index (χ1n) is 7.23. The third-order valence-electron chi connectivity index (χ3n) is 3.84. The number of hydrogen-bond acceptors (Lipinski definition) is 4. The Kier molecular flexibility index (Phi) is 3.97. The van der Waals surface area contributed by atoms with Gasteiger partial charge in [-0.3, -0.25) is 0 Å². The minimum absolute atomic E-state index is 0.577. The molecule has 2 aromatic rings. The molecule has 0 spiro atoms. The van der Waals surface area contributed by atoms with Crippen molar-refractivity contribution >= 4 is 5.69 Å². The first-order chi connectivity index (χ1) is 9.81. The van der Waals surface area contributed by atoms with E-state index in [1.165, 1.54) is 38.0 Å². The highest BCUT2D eigenvalue weighted by Gasteiger charge is 2.14. The van der Waals surface area contributed by atoms with Gasteiger partial charge in [0.15, 0.2) is 0 Å². The molecule has 0 saturated carbocycles. The van der Waals surface area contributed by atoms with E-state index in [9.17, 15) is 0 Å². The van der Waals surface area contributed by atoms with Crippen molar-refractivity contribution in [1.29, 1.82) is 0 Å². The Morgan fingerprint density at radius 3 is 2.55 bits per heavy atom. The molecule has 20 heavy (non-hydrogen) atoms. The number of benzene rings is 1. The lowest BCUT2D eigenvalue weighted by molar-refractivity contribution is 0.348. The molecule has 0 aliphatic carbocycles. The maximum Gasteiger partial charge on any atom is 0.0858 e. The maximum absolute atomic E-state index is 4.13. The zero-order chi connectivity index (χ0) is 13.8. The van der Waals surface area contributed by atoms with Crippen LogP contribution in [-0.2, 0) is 0 Å². The molecule has 1 atom stereocenters. The predicted octanol–water partition coefficient (Wildman–Crippen LogP) is 2.16. The molecule has 1 aromatic carbocycles. The minimum atomic E-state index is 0.577. The SMILES string of the molecule is CN1CCCC(Nc2ccc(-n3nccn3)cc2)CC1. The van der Waals surface area contributed by atoms with Crippen molar-refractivity contribution in [2.75, 3.05) is 25.5 Å². The van der Waals surface area contributed by atoms with Crippen molar-refractivity contribution in [3.8, 4) is 5.69 Å². The van der Waals surface area contributed by atoms with Gasteiger partial charge in [-0.25, -0.2) is 0 Å². The van der Waals surface area contributed by atoms with E-state index in [0.29, 0.717) is 6.04 Å². The fourth-order valence-electron chi connectivity index (χ4n) is 2.66. The molecule has 1 N–H and O–H groups in total. The molecule has 1 saturated heterocycles. The second kappa shape index (κ2) is 6.05. The van der Waals surface area contributed by atoms with E-state index >= 15 is 0 Å². The van der Waals surface area contributed by atoms with Crippen LogP contribution in [0.25, 0.3) is 5.69 Å². The van der Waals surface area contributed by atoms with Gasteiger partial charge in [-0.05, 0) is 63.7 Å².